The Kier molecular flexibility index (Phi) is 31.7. The Bertz CT molecular complexity index is 3040. The molecule has 2 aromatic rings. The number of aliphatic hydroxyl groups excluding tert-OH is 2. The van der Waals surface area contributed by atoms with Crippen LogP contribution in [0.2, 0.25) is 0 Å². The van der Waals surface area contributed by atoms with Crippen molar-refractivity contribution >= 4 is 64.8 Å². The van der Waals surface area contributed by atoms with Gasteiger partial charge in [0.1, 0.15) is 42.1 Å². The highest BCUT2D eigenvalue weighted by Gasteiger charge is 2.44. The Morgan fingerprint density at radius 2 is 1.39 bits per heavy atom. The number of allylic oxidation sites excluding steroid dienone is 2. The lowest BCUT2D eigenvalue weighted by molar-refractivity contribution is -0.148. The summed E-state index contributed by atoms with van der Waals surface area (Å²) in [6.45, 7) is 29.3. The Morgan fingerprint density at radius 1 is 0.763 bits per heavy atom. The van der Waals surface area contributed by atoms with E-state index in [9.17, 15) is 53.4 Å². The molecule has 1 aliphatic heterocycles. The van der Waals surface area contributed by atoms with Crippen LogP contribution in [0.3, 0.4) is 0 Å². The van der Waals surface area contributed by atoms with Gasteiger partial charge in [0.25, 0.3) is 0 Å². The number of ketones is 1. The summed E-state index contributed by atoms with van der Waals surface area (Å²) >= 11 is 0. The zero-order chi connectivity index (χ0) is 73.0. The second-order valence-electron chi connectivity index (χ2n) is 29.2. The number of likely N-dealkylation sites (tertiary alicyclic amines) is 1. The van der Waals surface area contributed by atoms with Gasteiger partial charge in [-0.3, -0.25) is 43.5 Å². The maximum absolute atomic E-state index is 14.9. The lowest BCUT2D eigenvalue weighted by Gasteiger charge is -2.41. The van der Waals surface area contributed by atoms with Crippen molar-refractivity contribution in [2.45, 2.75) is 241 Å². The number of nitrogens with zero attached hydrogens (tertiary/aromatic N) is 4. The molecule has 4 rings (SSSR count). The van der Waals surface area contributed by atoms with E-state index in [-0.39, 0.29) is 65.6 Å². The highest BCUT2D eigenvalue weighted by molar-refractivity contribution is 6.22. The van der Waals surface area contributed by atoms with Gasteiger partial charge in [0, 0.05) is 65.6 Å². The number of hydrogen-bond acceptors (Lipinski definition) is 16. The van der Waals surface area contributed by atoms with Gasteiger partial charge < -0.3 is 65.5 Å². The van der Waals surface area contributed by atoms with Crippen LogP contribution >= 0.6 is 0 Å². The van der Waals surface area contributed by atoms with Crippen LogP contribution in [0.5, 0.6) is 0 Å². The number of hydrogen-bond donors (Lipinski definition) is 7. The number of rotatable bonds is 34. The van der Waals surface area contributed by atoms with Gasteiger partial charge in [-0.2, -0.15) is 0 Å². The van der Waals surface area contributed by atoms with E-state index in [0.717, 1.165) is 0 Å². The van der Waals surface area contributed by atoms with E-state index in [2.05, 4.69) is 31.6 Å². The molecule has 542 valence electrons. The minimum atomic E-state index is -1.08. The zero-order valence-corrected chi connectivity index (χ0v) is 61.3. The van der Waals surface area contributed by atoms with Crippen LogP contribution in [0.25, 0.3) is 0 Å². The van der Waals surface area contributed by atoms with Crippen molar-refractivity contribution in [2.24, 2.45) is 40.0 Å². The number of amides is 8. The summed E-state index contributed by atoms with van der Waals surface area (Å²) in [4.78, 5) is 134. The quantitative estimate of drug-likeness (QED) is 0.0253. The van der Waals surface area contributed by atoms with Crippen LogP contribution in [0.15, 0.2) is 70.9 Å². The number of likely N-dealkylation sites (N-methyl/N-ethyl adjacent to an activating group) is 2. The molecule has 1 saturated heterocycles. The summed E-state index contributed by atoms with van der Waals surface area (Å²) < 4.78 is 23.2. The van der Waals surface area contributed by atoms with E-state index in [1.54, 1.807) is 122 Å². The summed E-state index contributed by atoms with van der Waals surface area (Å²) in [6.07, 6.45) is -0.439. The lowest BCUT2D eigenvalue weighted by atomic mass is 9.76. The van der Waals surface area contributed by atoms with Crippen molar-refractivity contribution < 1.29 is 72.3 Å². The Balaban J connectivity index is 1.43. The largest absolute Gasteiger partial charge is 0.511 e. The molecular weight excluding hydrogens is 1240 g/mol. The summed E-state index contributed by atoms with van der Waals surface area (Å²) in [5, 5.41) is 35.9. The first kappa shape index (κ1) is 82.0. The van der Waals surface area contributed by atoms with Gasteiger partial charge in [-0.15, -0.1) is 0 Å². The first-order valence-electron chi connectivity index (χ1n) is 34.4. The molecule has 8 amide bonds. The predicted molar refractivity (Wildman–Crippen MR) is 373 cm³/mol. The van der Waals surface area contributed by atoms with Crippen LogP contribution in [-0.2, 0) is 59.1 Å². The highest BCUT2D eigenvalue weighted by Crippen LogP contribution is 2.36. The monoisotopic (exact) mass is 1360 g/mol. The molecular formula is C73H115N9O15. The van der Waals surface area contributed by atoms with Gasteiger partial charge >= 0.3 is 12.2 Å². The predicted octanol–water partition coefficient (Wildman–Crippen LogP) is 9.38. The molecule has 0 saturated carbocycles. The number of ether oxygens (including phenoxy) is 4. The van der Waals surface area contributed by atoms with E-state index in [0.29, 0.717) is 80.6 Å². The fraction of sp³-hybridized carbons (Fsp3) is 0.671. The van der Waals surface area contributed by atoms with Gasteiger partial charge in [-0.05, 0) is 119 Å². The minimum Gasteiger partial charge on any atom is -0.511 e. The number of benzene rings is 2. The van der Waals surface area contributed by atoms with E-state index in [1.807, 2.05) is 59.7 Å². The van der Waals surface area contributed by atoms with Crippen LogP contribution < -0.4 is 26.6 Å². The van der Waals surface area contributed by atoms with Crippen molar-refractivity contribution in [1.82, 2.24) is 36.0 Å². The SMILES string of the molecule is CC[C@@H](C)[C@H]([C@H](CC(=O)N1CCC[C@@H]1[C@@H](OC)[C@H](C)C(=O)N[C@@H](C)[C@H](O)c1ccccc1)OC)N(C)C(=O)[C@H](NC(=O)[C@@H](C(C)C)N(C)C(=O)OCc1ccc(NC(=O)[C@@H](CCCCN=C(C)C2=C(O)CC(C)(C)CC2=O)NC(=O)[C@H](NC(=O)OC(C)(C)C)C(C)C)cc1)C(C)C. The molecule has 7 N–H and O–H groups in total. The van der Waals surface area contributed by atoms with Gasteiger partial charge in [0.15, 0.2) is 5.78 Å². The molecule has 2 aromatic carbocycles. The number of carbonyl (C=O) groups is 9. The maximum atomic E-state index is 14.9. The molecule has 24 nitrogen and oxygen atoms in total. The van der Waals surface area contributed by atoms with Crippen molar-refractivity contribution in [3.8, 4) is 0 Å². The second kappa shape index (κ2) is 37.5. The average molecular weight is 1360 g/mol. The second-order valence-corrected chi connectivity index (χ2v) is 29.2. The average Bonchev–Trinajstić information content (AvgIpc) is 1.81. The van der Waals surface area contributed by atoms with E-state index in [1.165, 1.54) is 26.2 Å². The van der Waals surface area contributed by atoms with E-state index < -0.39 is 120 Å². The lowest BCUT2D eigenvalue weighted by Crippen LogP contribution is -2.60. The first-order chi connectivity index (χ1) is 45.4. The van der Waals surface area contributed by atoms with Gasteiger partial charge in [-0.1, -0.05) is 125 Å². The molecule has 0 bridgehead atoms. The van der Waals surface area contributed by atoms with Crippen molar-refractivity contribution in [1.29, 1.82) is 0 Å². The molecule has 0 aromatic heterocycles. The Labute approximate surface area is 575 Å². The van der Waals surface area contributed by atoms with Crippen LogP contribution in [0, 0.1) is 35.0 Å². The summed E-state index contributed by atoms with van der Waals surface area (Å²) in [7, 11) is 6.11. The van der Waals surface area contributed by atoms with Crippen LogP contribution in [-0.4, -0.2) is 186 Å². The third-order valence-corrected chi connectivity index (χ3v) is 18.4. The third-order valence-electron chi connectivity index (χ3n) is 18.4. The topological polar surface area (TPSA) is 313 Å². The fourth-order valence-corrected chi connectivity index (χ4v) is 12.8. The van der Waals surface area contributed by atoms with Crippen LogP contribution in [0.4, 0.5) is 15.3 Å². The number of aliphatic hydroxyl groups is 2. The number of alkyl carbamates (subject to hydrolysis) is 1. The standard InChI is InChI=1S/C73H115N9O15/c1-21-45(8)62(56(94-19)38-57(85)82-37-27-31-53(82)64(95-20)46(9)65(87)75-48(11)63(86)50-28-23-22-24-29-50)80(17)69(91)60(43(4)5)78-68(90)61(44(6)7)81(18)71(93)96-41-49-32-34-51(35-33-49)76-66(88)52(77-67(89)59(42(2)3)79-70(92)97-72(12,13)14)30-25-26-36-74-47(10)58-54(83)39-73(15,16)40-55(58)84/h22-24,28-29,32-35,42-46,48,52-53,56,59-64,83,86H,21,25-27,30-31,36-41H2,1-20H3,(H,75,87)(H,76,88)(H,77,89)(H,78,90)(H,79,92)/t45-,46+,48+,52-,53-,56+,59-,60-,61-,62-,63+,64+/m1/s1. The van der Waals surface area contributed by atoms with Crippen LogP contribution in [0.1, 0.15) is 186 Å². The first-order valence-corrected chi connectivity index (χ1v) is 34.4. The summed E-state index contributed by atoms with van der Waals surface area (Å²) in [5.41, 5.74) is 1.07. The van der Waals surface area contributed by atoms with E-state index in [4.69, 9.17) is 18.9 Å². The molecule has 0 unspecified atom stereocenters. The van der Waals surface area contributed by atoms with Gasteiger partial charge in [0.2, 0.25) is 35.4 Å². The molecule has 24 heteroatoms. The van der Waals surface area contributed by atoms with Crippen molar-refractivity contribution in [2.75, 3.05) is 46.7 Å². The number of unbranched alkanes of at least 4 members (excludes halogenated alkanes) is 1. The Morgan fingerprint density at radius 3 is 1.95 bits per heavy atom. The molecule has 97 heavy (non-hydrogen) atoms. The molecule has 2 aliphatic rings. The molecule has 0 spiro atoms. The smallest absolute Gasteiger partial charge is 0.410 e. The maximum Gasteiger partial charge on any atom is 0.410 e. The van der Waals surface area contributed by atoms with Gasteiger partial charge in [-0.25, -0.2) is 9.59 Å². The number of aliphatic imine (C=N–C) groups is 1. The molecule has 1 aliphatic carbocycles. The fourth-order valence-electron chi connectivity index (χ4n) is 12.8. The van der Waals surface area contributed by atoms with Crippen molar-refractivity contribution in [3.63, 3.8) is 0 Å². The Hall–Kier alpha value is -7.44. The highest BCUT2D eigenvalue weighted by atomic mass is 16.6. The third kappa shape index (κ3) is 23.9. The molecule has 1 fully saturated rings. The minimum absolute atomic E-state index is 0.0207. The molecule has 12 atom stereocenters. The zero-order valence-electron chi connectivity index (χ0n) is 61.3. The molecule has 0 radical (unpaired) electrons. The number of anilines is 1. The normalized spacial score (nSPS) is 18.5. The number of carbonyl (C=O) groups excluding carboxylic acids is 9. The molecule has 1 heterocycles. The van der Waals surface area contributed by atoms with E-state index >= 15 is 0 Å². The summed E-state index contributed by atoms with van der Waals surface area (Å²) in [5.74, 6) is -4.94. The number of nitrogens with one attached hydrogen (secondary N) is 5. The van der Waals surface area contributed by atoms with Gasteiger partial charge in [0.05, 0.1) is 54.3 Å². The summed E-state index contributed by atoms with van der Waals surface area (Å²) in [6, 6.07) is 9.66. The number of Topliss-reactive ketones (excluding diaryl/α,β-unsaturated/α-hetero) is 1. The van der Waals surface area contributed by atoms with Crippen molar-refractivity contribution in [3.05, 3.63) is 77.1 Å². The number of methoxy groups -OCH3 is 2.